The van der Waals surface area contributed by atoms with Crippen LogP contribution in [0.1, 0.15) is 45.4 Å². The number of rotatable bonds is 6. The molecule has 0 aromatic heterocycles. The summed E-state index contributed by atoms with van der Waals surface area (Å²) in [5.41, 5.74) is 0. The van der Waals surface area contributed by atoms with E-state index in [9.17, 15) is 4.79 Å². The molecule has 2 fully saturated rings. The van der Waals surface area contributed by atoms with Gasteiger partial charge in [-0.05, 0) is 32.4 Å². The first-order valence-corrected chi connectivity index (χ1v) is 7.58. The van der Waals surface area contributed by atoms with E-state index in [0.29, 0.717) is 6.04 Å². The Hall–Kier alpha value is -0.770. The summed E-state index contributed by atoms with van der Waals surface area (Å²) < 4.78 is 0. The number of amides is 2. The summed E-state index contributed by atoms with van der Waals surface area (Å²) in [6.45, 7) is 7.37. The molecular weight excluding hydrogens is 226 g/mol. The van der Waals surface area contributed by atoms with Crippen molar-refractivity contribution in [2.75, 3.05) is 32.7 Å². The van der Waals surface area contributed by atoms with Crippen molar-refractivity contribution in [3.63, 3.8) is 0 Å². The van der Waals surface area contributed by atoms with Gasteiger partial charge in [-0.1, -0.05) is 26.2 Å². The third-order valence-corrected chi connectivity index (χ3v) is 4.11. The molecular formula is C14H27N3O. The minimum atomic E-state index is 0.141. The lowest BCUT2D eigenvalue weighted by Gasteiger charge is -2.43. The molecule has 0 saturated carbocycles. The fourth-order valence-electron chi connectivity index (χ4n) is 2.82. The van der Waals surface area contributed by atoms with Gasteiger partial charge in [-0.2, -0.15) is 0 Å². The molecule has 2 aliphatic rings. The van der Waals surface area contributed by atoms with Crippen molar-refractivity contribution in [3.8, 4) is 0 Å². The van der Waals surface area contributed by atoms with E-state index in [0.717, 1.165) is 26.1 Å². The summed E-state index contributed by atoms with van der Waals surface area (Å²) in [5.74, 6) is 0. The number of hydrogen-bond donors (Lipinski definition) is 1. The van der Waals surface area contributed by atoms with Crippen LogP contribution in [0.4, 0.5) is 4.79 Å². The molecule has 0 bridgehead atoms. The maximum atomic E-state index is 11.8. The molecule has 1 N–H and O–H groups in total. The molecule has 2 heterocycles. The van der Waals surface area contributed by atoms with Gasteiger partial charge in [0.15, 0.2) is 0 Å². The number of nitrogens with zero attached hydrogens (tertiary/aromatic N) is 2. The highest BCUT2D eigenvalue weighted by atomic mass is 16.2. The summed E-state index contributed by atoms with van der Waals surface area (Å²) in [6, 6.07) is 0.778. The van der Waals surface area contributed by atoms with Crippen molar-refractivity contribution in [3.05, 3.63) is 0 Å². The molecule has 104 valence electrons. The predicted molar refractivity (Wildman–Crippen MR) is 73.7 cm³/mol. The number of hydrogen-bond acceptors (Lipinski definition) is 2. The second kappa shape index (κ2) is 6.98. The fourth-order valence-corrected chi connectivity index (χ4v) is 2.82. The first-order valence-electron chi connectivity index (χ1n) is 7.58. The number of carbonyl (C=O) groups is 1. The Balaban J connectivity index is 1.52. The van der Waals surface area contributed by atoms with Gasteiger partial charge >= 0.3 is 6.03 Å². The Kier molecular flexibility index (Phi) is 5.29. The lowest BCUT2D eigenvalue weighted by molar-refractivity contribution is 0.0717. The van der Waals surface area contributed by atoms with Gasteiger partial charge in [-0.15, -0.1) is 0 Å². The predicted octanol–water partition coefficient (Wildman–Crippen LogP) is 2.06. The summed E-state index contributed by atoms with van der Waals surface area (Å²) in [4.78, 5) is 16.3. The van der Waals surface area contributed by atoms with Gasteiger partial charge in [0.1, 0.15) is 0 Å². The quantitative estimate of drug-likeness (QED) is 0.735. The molecule has 2 saturated heterocycles. The van der Waals surface area contributed by atoms with E-state index in [4.69, 9.17) is 0 Å². The van der Waals surface area contributed by atoms with E-state index in [1.807, 2.05) is 4.90 Å². The minimum absolute atomic E-state index is 0.141. The zero-order valence-corrected chi connectivity index (χ0v) is 11.7. The first kappa shape index (κ1) is 13.7. The Morgan fingerprint density at radius 3 is 2.56 bits per heavy atom. The second-order valence-electron chi connectivity index (χ2n) is 5.59. The summed E-state index contributed by atoms with van der Waals surface area (Å²) in [7, 11) is 0. The van der Waals surface area contributed by atoms with Crippen LogP contribution in [0.5, 0.6) is 0 Å². The fraction of sp³-hybridized carbons (Fsp3) is 0.929. The van der Waals surface area contributed by atoms with Crippen LogP contribution in [0, 0.1) is 0 Å². The highest BCUT2D eigenvalue weighted by Gasteiger charge is 2.35. The van der Waals surface area contributed by atoms with E-state index < -0.39 is 0 Å². The molecule has 0 atom stereocenters. The molecule has 0 spiro atoms. The highest BCUT2D eigenvalue weighted by Crippen LogP contribution is 2.19. The maximum absolute atomic E-state index is 11.8. The molecule has 4 heteroatoms. The van der Waals surface area contributed by atoms with Gasteiger partial charge in [0.05, 0.1) is 0 Å². The average Bonchev–Trinajstić information content (AvgIpc) is 2.80. The zero-order chi connectivity index (χ0) is 12.8. The monoisotopic (exact) mass is 253 g/mol. The molecule has 0 aromatic carbocycles. The van der Waals surface area contributed by atoms with Crippen LogP contribution in [-0.4, -0.2) is 54.6 Å². The first-order chi connectivity index (χ1) is 8.81. The van der Waals surface area contributed by atoms with Crippen molar-refractivity contribution in [2.24, 2.45) is 0 Å². The van der Waals surface area contributed by atoms with Crippen molar-refractivity contribution < 1.29 is 4.79 Å². The van der Waals surface area contributed by atoms with Crippen LogP contribution >= 0.6 is 0 Å². The molecule has 2 aliphatic heterocycles. The van der Waals surface area contributed by atoms with Crippen molar-refractivity contribution in [2.45, 2.75) is 51.5 Å². The Bertz CT molecular complexity index is 258. The molecule has 0 aromatic rings. The van der Waals surface area contributed by atoms with Crippen molar-refractivity contribution in [1.29, 1.82) is 0 Å². The van der Waals surface area contributed by atoms with Crippen LogP contribution in [-0.2, 0) is 0 Å². The van der Waals surface area contributed by atoms with E-state index in [-0.39, 0.29) is 6.03 Å². The van der Waals surface area contributed by atoms with Crippen LogP contribution in [0.25, 0.3) is 0 Å². The number of nitrogens with one attached hydrogen (secondary N) is 1. The molecule has 0 aliphatic carbocycles. The van der Waals surface area contributed by atoms with Crippen LogP contribution in [0.15, 0.2) is 0 Å². The Morgan fingerprint density at radius 1 is 1.17 bits per heavy atom. The lowest BCUT2D eigenvalue weighted by Crippen LogP contribution is -2.62. The molecule has 0 radical (unpaired) electrons. The zero-order valence-electron chi connectivity index (χ0n) is 11.7. The van der Waals surface area contributed by atoms with Crippen molar-refractivity contribution in [1.82, 2.24) is 15.1 Å². The van der Waals surface area contributed by atoms with Crippen molar-refractivity contribution >= 4 is 6.03 Å². The summed E-state index contributed by atoms with van der Waals surface area (Å²) in [5, 5.41) is 3.02. The smallest absolute Gasteiger partial charge is 0.317 e. The average molecular weight is 253 g/mol. The Labute approximate surface area is 111 Å². The third-order valence-electron chi connectivity index (χ3n) is 4.11. The third kappa shape index (κ3) is 3.61. The van der Waals surface area contributed by atoms with Gasteiger partial charge in [-0.25, -0.2) is 4.79 Å². The normalized spacial score (nSPS) is 21.1. The SMILES string of the molecule is CCCCCCNC(=O)N1CC(N2CCCC2)C1. The molecule has 18 heavy (non-hydrogen) atoms. The van der Waals surface area contributed by atoms with E-state index in [1.165, 1.54) is 45.2 Å². The number of unbranched alkanes of at least 4 members (excludes halogenated alkanes) is 3. The van der Waals surface area contributed by atoms with Crippen LogP contribution in [0.3, 0.4) is 0 Å². The maximum Gasteiger partial charge on any atom is 0.317 e. The highest BCUT2D eigenvalue weighted by molar-refractivity contribution is 5.75. The number of carbonyl (C=O) groups excluding carboxylic acids is 1. The summed E-state index contributed by atoms with van der Waals surface area (Å²) >= 11 is 0. The van der Waals surface area contributed by atoms with E-state index in [2.05, 4.69) is 17.1 Å². The molecule has 2 amide bonds. The number of likely N-dealkylation sites (tertiary alicyclic amines) is 2. The largest absolute Gasteiger partial charge is 0.338 e. The van der Waals surface area contributed by atoms with Gasteiger partial charge < -0.3 is 10.2 Å². The van der Waals surface area contributed by atoms with Gasteiger partial charge in [0, 0.05) is 25.7 Å². The van der Waals surface area contributed by atoms with Gasteiger partial charge in [0.25, 0.3) is 0 Å². The van der Waals surface area contributed by atoms with Crippen LogP contribution < -0.4 is 5.32 Å². The lowest BCUT2D eigenvalue weighted by atomic mass is 10.1. The molecule has 4 nitrogen and oxygen atoms in total. The topological polar surface area (TPSA) is 35.6 Å². The Morgan fingerprint density at radius 2 is 1.89 bits per heavy atom. The minimum Gasteiger partial charge on any atom is -0.338 e. The molecule has 2 rings (SSSR count). The van der Waals surface area contributed by atoms with E-state index in [1.54, 1.807) is 0 Å². The number of urea groups is 1. The van der Waals surface area contributed by atoms with Gasteiger partial charge in [0.2, 0.25) is 0 Å². The second-order valence-corrected chi connectivity index (χ2v) is 5.59. The van der Waals surface area contributed by atoms with E-state index >= 15 is 0 Å². The molecule has 0 unspecified atom stereocenters. The van der Waals surface area contributed by atoms with Gasteiger partial charge in [-0.3, -0.25) is 4.90 Å². The van der Waals surface area contributed by atoms with Crippen LogP contribution in [0.2, 0.25) is 0 Å². The summed E-state index contributed by atoms with van der Waals surface area (Å²) in [6.07, 6.45) is 7.53. The standard InChI is InChI=1S/C14H27N3O/c1-2-3-4-5-8-15-14(18)17-11-13(12-17)16-9-6-7-10-16/h13H,2-12H2,1H3,(H,15,18).